The van der Waals surface area contributed by atoms with Crippen molar-refractivity contribution in [3.05, 3.63) is 70.0 Å². The third-order valence-electron chi connectivity index (χ3n) is 8.62. The number of allylic oxidation sites excluding steroid dienone is 6. The van der Waals surface area contributed by atoms with Gasteiger partial charge in [0.25, 0.3) is 5.91 Å². The zero-order valence-corrected chi connectivity index (χ0v) is 31.8. The molecule has 46 heavy (non-hydrogen) atoms. The molecule has 0 spiro atoms. The fourth-order valence-corrected chi connectivity index (χ4v) is 5.76. The summed E-state index contributed by atoms with van der Waals surface area (Å²) in [6.45, 7) is 28.9. The number of anilines is 1. The fraction of sp³-hybridized carbons (Fsp3) is 0.610. The first-order valence-electron chi connectivity index (χ1n) is 18.3. The molecule has 0 radical (unpaired) electrons. The summed E-state index contributed by atoms with van der Waals surface area (Å²) in [6, 6.07) is 6.50. The van der Waals surface area contributed by atoms with E-state index in [2.05, 4.69) is 89.5 Å². The summed E-state index contributed by atoms with van der Waals surface area (Å²) in [7, 11) is 0. The molecule has 2 aliphatic rings. The van der Waals surface area contributed by atoms with Gasteiger partial charge in [0.1, 0.15) is 0 Å². The van der Waals surface area contributed by atoms with Crippen LogP contribution in [0.3, 0.4) is 0 Å². The van der Waals surface area contributed by atoms with Crippen LogP contribution >= 0.6 is 0 Å². The number of imidazole rings is 1. The Labute approximate surface area is 282 Å². The lowest BCUT2D eigenvalue weighted by Gasteiger charge is -2.17. The van der Waals surface area contributed by atoms with Crippen LogP contribution in [0.15, 0.2) is 64.5 Å². The summed E-state index contributed by atoms with van der Waals surface area (Å²) in [5, 5.41) is 3.21. The van der Waals surface area contributed by atoms with E-state index in [1.165, 1.54) is 31.2 Å². The van der Waals surface area contributed by atoms with Crippen molar-refractivity contribution in [3.8, 4) is 0 Å². The molecule has 1 amide bonds. The molecule has 1 fully saturated rings. The molecule has 1 aliphatic carbocycles. The smallest absolute Gasteiger partial charge is 0.257 e. The van der Waals surface area contributed by atoms with Crippen LogP contribution in [-0.4, -0.2) is 22.1 Å². The molecule has 2 heterocycles. The highest BCUT2D eigenvalue weighted by molar-refractivity contribution is 6.06. The van der Waals surface area contributed by atoms with E-state index in [9.17, 15) is 4.79 Å². The van der Waals surface area contributed by atoms with Crippen molar-refractivity contribution in [1.82, 2.24) is 9.55 Å². The summed E-state index contributed by atoms with van der Waals surface area (Å²) < 4.78 is 8.66. The molecule has 1 aromatic heterocycles. The SMILES string of the molecule is CC.CC.CC/C=C(C)/C=C1\C=C(C)\C(C)=C(\CC)OCC2CCC(C2)Cn2c(nc3ccc(C(C)C)cc32)NC1=O.CCCC. The number of nitrogens with one attached hydrogen (secondary N) is 1. The van der Waals surface area contributed by atoms with E-state index in [0.29, 0.717) is 29.3 Å². The Balaban J connectivity index is 0.00000121. The number of carbonyl (C=O) groups excluding carboxylic acids is 1. The Hall–Kier alpha value is -3.08. The van der Waals surface area contributed by atoms with Crippen LogP contribution in [-0.2, 0) is 16.1 Å². The zero-order chi connectivity index (χ0) is 34.8. The number of unbranched alkanes of at least 4 members (excludes halogenated alkanes) is 1. The molecule has 2 aromatic rings. The average Bonchev–Trinajstić information content (AvgIpc) is 3.66. The average molecular weight is 634 g/mol. The van der Waals surface area contributed by atoms with Crippen LogP contribution in [0.1, 0.15) is 146 Å². The van der Waals surface area contributed by atoms with Crippen LogP contribution in [0.4, 0.5) is 5.95 Å². The van der Waals surface area contributed by atoms with Crippen molar-refractivity contribution >= 4 is 22.9 Å². The molecule has 2 bridgehead atoms. The van der Waals surface area contributed by atoms with Gasteiger partial charge in [0.05, 0.1) is 23.4 Å². The fourth-order valence-electron chi connectivity index (χ4n) is 5.76. The lowest BCUT2D eigenvalue weighted by molar-refractivity contribution is -0.112. The molecular formula is C41H67N3O2. The molecule has 5 heteroatoms. The molecule has 1 aromatic carbocycles. The topological polar surface area (TPSA) is 56.1 Å². The van der Waals surface area contributed by atoms with Gasteiger partial charge in [0.15, 0.2) is 0 Å². The Bertz CT molecular complexity index is 1340. The van der Waals surface area contributed by atoms with Gasteiger partial charge in [-0.3, -0.25) is 10.1 Å². The second-order valence-electron chi connectivity index (χ2n) is 12.4. The van der Waals surface area contributed by atoms with Gasteiger partial charge in [-0.05, 0) is 105 Å². The molecule has 2 unspecified atom stereocenters. The highest BCUT2D eigenvalue weighted by Gasteiger charge is 2.28. The first kappa shape index (κ1) is 40.9. The summed E-state index contributed by atoms with van der Waals surface area (Å²) >= 11 is 0. The lowest BCUT2D eigenvalue weighted by Crippen LogP contribution is -2.19. The monoisotopic (exact) mass is 634 g/mol. The number of aromatic nitrogens is 2. The van der Waals surface area contributed by atoms with Crippen LogP contribution in [0, 0.1) is 11.8 Å². The molecule has 1 N–H and O–H groups in total. The highest BCUT2D eigenvalue weighted by Crippen LogP contribution is 2.36. The van der Waals surface area contributed by atoms with Gasteiger partial charge < -0.3 is 9.30 Å². The molecule has 0 saturated heterocycles. The first-order valence-corrected chi connectivity index (χ1v) is 18.3. The first-order chi connectivity index (χ1) is 22.1. The maximum Gasteiger partial charge on any atom is 0.257 e. The minimum Gasteiger partial charge on any atom is -0.497 e. The normalized spacial score (nSPS) is 22.4. The minimum absolute atomic E-state index is 0.139. The molecular weight excluding hydrogens is 566 g/mol. The van der Waals surface area contributed by atoms with Crippen molar-refractivity contribution in [1.29, 1.82) is 0 Å². The molecule has 4 rings (SSSR count). The Morgan fingerprint density at radius 3 is 2.28 bits per heavy atom. The Kier molecular flexibility index (Phi) is 19.3. The third-order valence-corrected chi connectivity index (χ3v) is 8.62. The molecule has 1 saturated carbocycles. The Morgan fingerprint density at radius 1 is 1.04 bits per heavy atom. The number of hydrogen-bond donors (Lipinski definition) is 1. The van der Waals surface area contributed by atoms with Gasteiger partial charge in [-0.2, -0.15) is 0 Å². The summed E-state index contributed by atoms with van der Waals surface area (Å²) in [6.07, 6.45) is 14.0. The van der Waals surface area contributed by atoms with Gasteiger partial charge in [-0.1, -0.05) is 99.8 Å². The van der Waals surface area contributed by atoms with E-state index in [1.54, 1.807) is 0 Å². The van der Waals surface area contributed by atoms with Gasteiger partial charge >= 0.3 is 0 Å². The van der Waals surface area contributed by atoms with Crippen molar-refractivity contribution in [2.24, 2.45) is 11.8 Å². The molecule has 1 aliphatic heterocycles. The number of hydrogen-bond acceptors (Lipinski definition) is 3. The lowest BCUT2D eigenvalue weighted by atomic mass is 10.0. The third kappa shape index (κ3) is 11.9. The van der Waals surface area contributed by atoms with Crippen molar-refractivity contribution in [2.45, 2.75) is 147 Å². The number of amides is 1. The Morgan fingerprint density at radius 2 is 1.70 bits per heavy atom. The van der Waals surface area contributed by atoms with Crippen LogP contribution in [0.25, 0.3) is 11.0 Å². The minimum atomic E-state index is -0.139. The number of carbonyl (C=O) groups is 1. The molecule has 5 nitrogen and oxygen atoms in total. The van der Waals surface area contributed by atoms with E-state index in [4.69, 9.17) is 9.72 Å². The number of benzene rings is 1. The van der Waals surface area contributed by atoms with E-state index in [1.807, 2.05) is 46.8 Å². The summed E-state index contributed by atoms with van der Waals surface area (Å²) in [5.74, 6) is 3.04. The number of nitrogens with zero attached hydrogens (tertiary/aromatic N) is 2. The molecule has 2 atom stereocenters. The van der Waals surface area contributed by atoms with E-state index in [0.717, 1.165) is 65.9 Å². The second-order valence-corrected chi connectivity index (χ2v) is 12.4. The van der Waals surface area contributed by atoms with Crippen molar-refractivity contribution in [3.63, 3.8) is 0 Å². The molecule has 258 valence electrons. The highest BCUT2D eigenvalue weighted by atomic mass is 16.5. The van der Waals surface area contributed by atoms with E-state index < -0.39 is 0 Å². The van der Waals surface area contributed by atoms with Crippen LogP contribution in [0.5, 0.6) is 0 Å². The standard InChI is InChI=1S/C33H45N3O2.C4H10.2C2H6/c1-8-10-22(5)15-28-16-23(6)24(7)31(9-2)38-20-26-12-11-25(17-26)19-36-30-18-27(21(3)4)13-14-29(30)34-33(36)35-32(28)37;1-3-4-2;2*1-2/h10,13-16,18,21,25-26H,8-9,11-12,17,19-20H2,1-7H3,(H,34,35,37);3-4H2,1-2H3;2*1-2H3/b22-10+,23-16+,28-15+,31-24-;;;. The van der Waals surface area contributed by atoms with Gasteiger partial charge in [0, 0.05) is 18.5 Å². The number of fused-ring (bicyclic) bond motifs is 5. The van der Waals surface area contributed by atoms with Crippen molar-refractivity contribution in [2.75, 3.05) is 11.9 Å². The van der Waals surface area contributed by atoms with Gasteiger partial charge in [0.2, 0.25) is 5.95 Å². The van der Waals surface area contributed by atoms with Crippen LogP contribution in [0.2, 0.25) is 0 Å². The van der Waals surface area contributed by atoms with E-state index >= 15 is 0 Å². The number of ether oxygens (including phenoxy) is 1. The summed E-state index contributed by atoms with van der Waals surface area (Å²) in [4.78, 5) is 18.7. The predicted octanol–water partition coefficient (Wildman–Crippen LogP) is 12.3. The maximum absolute atomic E-state index is 13.8. The zero-order valence-electron chi connectivity index (χ0n) is 31.8. The predicted molar refractivity (Wildman–Crippen MR) is 201 cm³/mol. The van der Waals surface area contributed by atoms with Crippen LogP contribution < -0.4 is 5.32 Å². The second kappa shape index (κ2) is 21.7. The van der Waals surface area contributed by atoms with Crippen molar-refractivity contribution < 1.29 is 9.53 Å². The number of rotatable bonds is 5. The van der Waals surface area contributed by atoms with E-state index in [-0.39, 0.29) is 5.91 Å². The summed E-state index contributed by atoms with van der Waals surface area (Å²) in [5.41, 5.74) is 7.16. The van der Waals surface area contributed by atoms with Gasteiger partial charge in [-0.15, -0.1) is 0 Å². The van der Waals surface area contributed by atoms with Gasteiger partial charge in [-0.25, -0.2) is 4.98 Å². The quantitative estimate of drug-likeness (QED) is 0.333. The maximum atomic E-state index is 13.8. The largest absolute Gasteiger partial charge is 0.497 e.